The molecule has 4 atom stereocenters. The molecule has 0 radical (unpaired) electrons. The minimum atomic E-state index is -1.47. The van der Waals surface area contributed by atoms with E-state index in [0.717, 1.165) is 28.7 Å². The number of alkyl carbamates (subject to hydrolysis) is 1. The monoisotopic (exact) mass is 896 g/mol. The molecule has 2 aliphatic heterocycles. The van der Waals surface area contributed by atoms with Gasteiger partial charge in [0, 0.05) is 74.8 Å². The first kappa shape index (κ1) is 49.9. The number of imidazole rings is 1. The fourth-order valence-corrected chi connectivity index (χ4v) is 7.79. The summed E-state index contributed by atoms with van der Waals surface area (Å²) in [6, 6.07) is 11.5. The van der Waals surface area contributed by atoms with Gasteiger partial charge in [-0.2, -0.15) is 0 Å². The number of carbonyl (C=O) groups excluding carboxylic acids is 4. The van der Waals surface area contributed by atoms with Gasteiger partial charge in [-0.05, 0) is 83.1 Å². The Bertz CT molecular complexity index is 2090. The van der Waals surface area contributed by atoms with Crippen molar-refractivity contribution in [3.8, 4) is 11.3 Å². The Labute approximate surface area is 373 Å². The first-order valence-corrected chi connectivity index (χ1v) is 21.8. The summed E-state index contributed by atoms with van der Waals surface area (Å²) in [6.07, 6.45) is 1.78. The average molecular weight is 897 g/mol. The van der Waals surface area contributed by atoms with Crippen molar-refractivity contribution < 1.29 is 51.7 Å². The number of carbonyl (C=O) groups is 4. The summed E-state index contributed by atoms with van der Waals surface area (Å²) in [7, 11) is 0. The molecule has 1 saturated heterocycles. The molecule has 0 bridgehead atoms. The molecule has 17 heteroatoms. The number of aromatic nitrogens is 2. The van der Waals surface area contributed by atoms with E-state index in [0.29, 0.717) is 26.1 Å². The van der Waals surface area contributed by atoms with Crippen LogP contribution in [0, 0.1) is 23.0 Å². The van der Waals surface area contributed by atoms with Crippen molar-refractivity contribution in [2.45, 2.75) is 104 Å². The van der Waals surface area contributed by atoms with Gasteiger partial charge in [-0.1, -0.05) is 44.2 Å². The molecule has 64 heavy (non-hydrogen) atoms. The molecule has 1 fully saturated rings. The summed E-state index contributed by atoms with van der Waals surface area (Å²) in [5, 5.41) is 16.7. The second-order valence-corrected chi connectivity index (χ2v) is 18.5. The summed E-state index contributed by atoms with van der Waals surface area (Å²) in [5.41, 5.74) is -1.42. The molecule has 0 spiro atoms. The van der Waals surface area contributed by atoms with Crippen LogP contribution >= 0.6 is 0 Å². The Balaban J connectivity index is 1.29. The van der Waals surface area contributed by atoms with Crippen molar-refractivity contribution in [2.75, 3.05) is 52.6 Å². The van der Waals surface area contributed by atoms with E-state index in [-0.39, 0.29) is 81.3 Å². The molecule has 14 nitrogen and oxygen atoms in total. The maximum absolute atomic E-state index is 15.3. The van der Waals surface area contributed by atoms with Crippen molar-refractivity contribution in [1.82, 2.24) is 30.0 Å². The summed E-state index contributed by atoms with van der Waals surface area (Å²) in [5.74, 6) is -3.08. The third-order valence-electron chi connectivity index (χ3n) is 11.7. The Morgan fingerprint density at radius 2 is 1.66 bits per heavy atom. The zero-order chi connectivity index (χ0) is 46.8. The van der Waals surface area contributed by atoms with Crippen LogP contribution in [0.1, 0.15) is 85.2 Å². The van der Waals surface area contributed by atoms with Crippen LogP contribution in [-0.2, 0) is 35.1 Å². The van der Waals surface area contributed by atoms with Gasteiger partial charge < -0.3 is 39.4 Å². The lowest BCUT2D eigenvalue weighted by Gasteiger charge is -2.43. The minimum absolute atomic E-state index is 0.0870. The molecule has 0 saturated carbocycles. The Hall–Kier alpha value is -5.10. The van der Waals surface area contributed by atoms with Crippen LogP contribution in [-0.4, -0.2) is 124 Å². The highest BCUT2D eigenvalue weighted by molar-refractivity contribution is 6.12. The van der Waals surface area contributed by atoms with Crippen molar-refractivity contribution >= 4 is 23.8 Å². The molecule has 4 unspecified atom stereocenters. The number of hydrogen-bond donors (Lipinski definition) is 3. The van der Waals surface area contributed by atoms with Gasteiger partial charge in [-0.25, -0.2) is 22.9 Å². The molecular weight excluding hydrogens is 834 g/mol. The highest BCUT2D eigenvalue weighted by atomic mass is 19.1. The second-order valence-electron chi connectivity index (χ2n) is 18.5. The number of aliphatic hydroxyl groups excluding tert-OH is 1. The first-order chi connectivity index (χ1) is 30.2. The third-order valence-corrected chi connectivity index (χ3v) is 11.7. The van der Waals surface area contributed by atoms with Crippen molar-refractivity contribution in [1.29, 1.82) is 0 Å². The van der Waals surface area contributed by atoms with Gasteiger partial charge in [0.1, 0.15) is 29.7 Å². The summed E-state index contributed by atoms with van der Waals surface area (Å²) >= 11 is 0. The number of hydrogen-bond acceptors (Lipinski definition) is 10. The van der Waals surface area contributed by atoms with Gasteiger partial charge in [-0.15, -0.1) is 0 Å². The topological polar surface area (TPSA) is 165 Å². The van der Waals surface area contributed by atoms with E-state index in [4.69, 9.17) is 19.2 Å². The number of aliphatic hydroxyl groups is 1. The first-order valence-electron chi connectivity index (χ1n) is 21.8. The van der Waals surface area contributed by atoms with Crippen LogP contribution < -0.4 is 10.6 Å². The van der Waals surface area contributed by atoms with Crippen LogP contribution in [0.5, 0.6) is 0 Å². The number of halogens is 3. The SMILES string of the molecule is CC(O)C(=O)N(CC1CNCC1F)C(c1nc(-c2cc(F)ccc2F)cn1Cc1ccccc1)C(C)(C)CCOC(=O)NC(C)(C)CCOC(C)(C)CCOCCN1C(=O)C=CC1=O. The van der Waals surface area contributed by atoms with E-state index in [9.17, 15) is 28.7 Å². The summed E-state index contributed by atoms with van der Waals surface area (Å²) in [4.78, 5) is 58.3. The Morgan fingerprint density at radius 1 is 0.953 bits per heavy atom. The molecule has 3 heterocycles. The van der Waals surface area contributed by atoms with Crippen LogP contribution in [0.4, 0.5) is 18.0 Å². The predicted octanol–water partition coefficient (Wildman–Crippen LogP) is 6.12. The molecule has 350 valence electrons. The van der Waals surface area contributed by atoms with Gasteiger partial charge >= 0.3 is 6.09 Å². The molecule has 3 aromatic rings. The molecule has 3 N–H and O–H groups in total. The second kappa shape index (κ2) is 21.7. The fourth-order valence-electron chi connectivity index (χ4n) is 7.79. The third kappa shape index (κ3) is 13.7. The van der Waals surface area contributed by atoms with E-state index >= 15 is 8.78 Å². The number of alkyl halides is 1. The van der Waals surface area contributed by atoms with Gasteiger partial charge in [0.2, 0.25) is 0 Å². The van der Waals surface area contributed by atoms with Crippen LogP contribution in [0.2, 0.25) is 0 Å². The van der Waals surface area contributed by atoms with Gasteiger partial charge in [0.15, 0.2) is 0 Å². The Kier molecular flexibility index (Phi) is 16.9. The maximum atomic E-state index is 15.3. The number of amides is 4. The van der Waals surface area contributed by atoms with Crippen LogP contribution in [0.25, 0.3) is 11.3 Å². The number of ether oxygens (including phenoxy) is 3. The van der Waals surface area contributed by atoms with Crippen LogP contribution in [0.15, 0.2) is 66.9 Å². The van der Waals surface area contributed by atoms with Crippen molar-refractivity contribution in [3.05, 3.63) is 89.9 Å². The summed E-state index contributed by atoms with van der Waals surface area (Å²) < 4.78 is 64.5. The fraction of sp³-hybridized carbons (Fsp3) is 0.553. The molecule has 4 amide bonds. The zero-order valence-electron chi connectivity index (χ0n) is 37.9. The lowest BCUT2D eigenvalue weighted by atomic mass is 9.79. The highest BCUT2D eigenvalue weighted by Gasteiger charge is 2.44. The van der Waals surface area contributed by atoms with Crippen LogP contribution in [0.3, 0.4) is 0 Å². The normalized spacial score (nSPS) is 17.8. The van der Waals surface area contributed by atoms with E-state index in [2.05, 4.69) is 10.6 Å². The van der Waals surface area contributed by atoms with Gasteiger partial charge in [-0.3, -0.25) is 19.3 Å². The quantitative estimate of drug-likeness (QED) is 0.0747. The molecule has 5 rings (SSSR count). The molecule has 2 aliphatic rings. The van der Waals surface area contributed by atoms with Crippen molar-refractivity contribution in [2.24, 2.45) is 11.3 Å². The molecular formula is C47H63F3N6O8. The van der Waals surface area contributed by atoms with E-state index in [1.165, 1.54) is 24.0 Å². The van der Waals surface area contributed by atoms with E-state index in [1.807, 2.05) is 71.9 Å². The molecule has 0 aliphatic carbocycles. The number of imide groups is 1. The minimum Gasteiger partial charge on any atom is -0.450 e. The number of benzene rings is 2. The van der Waals surface area contributed by atoms with E-state index < -0.39 is 64.4 Å². The standard InChI is InChI=1S/C47H63F3N6O8/c1-31(57)43(60)56(29-33-26-51-27-37(33)50)41(42-52-38(35-25-34(48)13-14-36(35)49)30-54(42)28-32-11-9-8-10-12-32)45(2,3)17-22-63-44(61)53-46(4,5)18-23-64-47(6,7)19-21-62-24-20-55-39(58)15-16-40(55)59/h8-16,25,30-31,33,37,41,51,57H,17-24,26-29H2,1-7H3,(H,53,61). The smallest absolute Gasteiger partial charge is 0.407 e. The average Bonchev–Trinajstić information content (AvgIpc) is 3.92. The largest absolute Gasteiger partial charge is 0.450 e. The molecule has 1 aromatic heterocycles. The van der Waals surface area contributed by atoms with Crippen molar-refractivity contribution in [3.63, 3.8) is 0 Å². The van der Waals surface area contributed by atoms with Gasteiger partial charge in [0.25, 0.3) is 17.7 Å². The lowest BCUT2D eigenvalue weighted by molar-refractivity contribution is -0.146. The highest BCUT2D eigenvalue weighted by Crippen LogP contribution is 2.43. The summed E-state index contributed by atoms with van der Waals surface area (Å²) in [6.45, 7) is 14.0. The molecule has 2 aromatic carbocycles. The number of nitrogens with one attached hydrogen (secondary N) is 2. The Morgan fingerprint density at radius 3 is 2.31 bits per heavy atom. The lowest BCUT2D eigenvalue weighted by Crippen LogP contribution is -2.50. The van der Waals surface area contributed by atoms with E-state index in [1.54, 1.807) is 10.8 Å². The number of nitrogens with zero attached hydrogens (tertiary/aromatic N) is 4. The van der Waals surface area contributed by atoms with Gasteiger partial charge in [0.05, 0.1) is 37.1 Å². The predicted molar refractivity (Wildman–Crippen MR) is 233 cm³/mol. The number of rotatable bonds is 23. The zero-order valence-corrected chi connectivity index (χ0v) is 37.9. The maximum Gasteiger partial charge on any atom is 0.407 e.